The molecule has 1 aromatic heterocycles. The van der Waals surface area contributed by atoms with Crippen LogP contribution in [0.3, 0.4) is 0 Å². The number of rotatable bonds is 4. The fourth-order valence-electron chi connectivity index (χ4n) is 1.33. The van der Waals surface area contributed by atoms with Crippen molar-refractivity contribution >= 4 is 0 Å². The van der Waals surface area contributed by atoms with Crippen LogP contribution in [-0.2, 0) is 6.54 Å². The minimum atomic E-state index is -0.352. The molecule has 0 saturated heterocycles. The van der Waals surface area contributed by atoms with Gasteiger partial charge in [0, 0.05) is 30.6 Å². The molecule has 0 bridgehead atoms. The molecule has 0 radical (unpaired) electrons. The van der Waals surface area contributed by atoms with Gasteiger partial charge < -0.3 is 10.1 Å². The molecule has 4 nitrogen and oxygen atoms in total. The lowest BCUT2D eigenvalue weighted by molar-refractivity contribution is 0.437. The Morgan fingerprint density at radius 3 is 2.71 bits per heavy atom. The Hall–Kier alpha value is -2.01. The van der Waals surface area contributed by atoms with E-state index in [1.165, 1.54) is 12.1 Å². The molecule has 88 valence electrons. The molecule has 0 aliphatic carbocycles. The molecule has 5 heteroatoms. The summed E-state index contributed by atoms with van der Waals surface area (Å²) in [5.41, 5.74) is 0.957. The van der Waals surface area contributed by atoms with Crippen LogP contribution in [0.25, 0.3) is 0 Å². The van der Waals surface area contributed by atoms with Crippen molar-refractivity contribution in [1.82, 2.24) is 15.3 Å². The van der Waals surface area contributed by atoms with Crippen molar-refractivity contribution in [2.24, 2.45) is 0 Å². The summed E-state index contributed by atoms with van der Waals surface area (Å²) in [6.07, 6.45) is 3.33. The SMILES string of the molecule is CNCc1cnc(Oc2cccc(F)c2)nc1. The number of nitrogens with zero attached hydrogens (tertiary/aromatic N) is 2. The molecule has 0 unspecified atom stereocenters. The number of nitrogens with one attached hydrogen (secondary N) is 1. The summed E-state index contributed by atoms with van der Waals surface area (Å²) in [4.78, 5) is 8.05. The minimum Gasteiger partial charge on any atom is -0.424 e. The van der Waals surface area contributed by atoms with Crippen molar-refractivity contribution in [1.29, 1.82) is 0 Å². The largest absolute Gasteiger partial charge is 0.424 e. The summed E-state index contributed by atoms with van der Waals surface area (Å²) in [7, 11) is 1.84. The maximum atomic E-state index is 12.9. The molecule has 0 amide bonds. The maximum absolute atomic E-state index is 12.9. The fraction of sp³-hybridized carbons (Fsp3) is 0.167. The standard InChI is InChI=1S/C12H12FN3O/c1-14-6-9-7-15-12(16-8-9)17-11-4-2-3-10(13)5-11/h2-5,7-8,14H,6H2,1H3. The highest BCUT2D eigenvalue weighted by Gasteiger charge is 2.01. The first-order valence-electron chi connectivity index (χ1n) is 5.17. The molecule has 1 heterocycles. The number of halogens is 1. The number of aromatic nitrogens is 2. The van der Waals surface area contributed by atoms with Crippen LogP contribution < -0.4 is 10.1 Å². The van der Waals surface area contributed by atoms with Crippen LogP contribution >= 0.6 is 0 Å². The van der Waals surface area contributed by atoms with Gasteiger partial charge in [0.05, 0.1) is 0 Å². The van der Waals surface area contributed by atoms with Crippen LogP contribution in [0.5, 0.6) is 11.8 Å². The molecular weight excluding hydrogens is 221 g/mol. The zero-order valence-electron chi connectivity index (χ0n) is 9.35. The third-order valence-electron chi connectivity index (χ3n) is 2.07. The Morgan fingerprint density at radius 2 is 2.06 bits per heavy atom. The normalized spacial score (nSPS) is 10.2. The molecule has 0 saturated carbocycles. The molecule has 1 N–H and O–H groups in total. The smallest absolute Gasteiger partial charge is 0.321 e. The zero-order valence-corrected chi connectivity index (χ0v) is 9.35. The summed E-state index contributed by atoms with van der Waals surface area (Å²) < 4.78 is 18.2. The number of hydrogen-bond donors (Lipinski definition) is 1. The highest BCUT2D eigenvalue weighted by Crippen LogP contribution is 2.17. The average molecular weight is 233 g/mol. The van der Waals surface area contributed by atoms with Gasteiger partial charge in [-0.25, -0.2) is 14.4 Å². The van der Waals surface area contributed by atoms with Crippen LogP contribution in [0.2, 0.25) is 0 Å². The minimum absolute atomic E-state index is 0.204. The first-order valence-corrected chi connectivity index (χ1v) is 5.17. The summed E-state index contributed by atoms with van der Waals surface area (Å²) in [5.74, 6) is 0.0284. The van der Waals surface area contributed by atoms with Gasteiger partial charge in [-0.1, -0.05) is 6.07 Å². The number of ether oxygens (including phenoxy) is 1. The van der Waals surface area contributed by atoms with Gasteiger partial charge >= 0.3 is 6.01 Å². The Bertz CT molecular complexity index is 487. The number of benzene rings is 1. The van der Waals surface area contributed by atoms with Crippen molar-refractivity contribution in [2.45, 2.75) is 6.54 Å². The van der Waals surface area contributed by atoms with Gasteiger partial charge in [0.1, 0.15) is 11.6 Å². The molecular formula is C12H12FN3O. The van der Waals surface area contributed by atoms with Crippen molar-refractivity contribution in [3.63, 3.8) is 0 Å². The lowest BCUT2D eigenvalue weighted by Gasteiger charge is -2.04. The van der Waals surface area contributed by atoms with Gasteiger partial charge in [0.2, 0.25) is 0 Å². The van der Waals surface area contributed by atoms with Gasteiger partial charge in [0.25, 0.3) is 0 Å². The predicted octanol–water partition coefficient (Wildman–Crippen LogP) is 2.13. The number of hydrogen-bond acceptors (Lipinski definition) is 4. The summed E-state index contributed by atoms with van der Waals surface area (Å²) in [5, 5.41) is 2.99. The highest BCUT2D eigenvalue weighted by molar-refractivity contribution is 5.25. The Kier molecular flexibility index (Phi) is 3.62. The van der Waals surface area contributed by atoms with Crippen LogP contribution in [0, 0.1) is 5.82 Å². The highest BCUT2D eigenvalue weighted by atomic mass is 19.1. The van der Waals surface area contributed by atoms with Crippen molar-refractivity contribution < 1.29 is 9.13 Å². The van der Waals surface area contributed by atoms with Crippen LogP contribution in [0.4, 0.5) is 4.39 Å². The van der Waals surface area contributed by atoms with Crippen molar-refractivity contribution in [3.8, 4) is 11.8 Å². The molecule has 0 fully saturated rings. The molecule has 1 aromatic carbocycles. The molecule has 0 aliphatic rings. The van der Waals surface area contributed by atoms with E-state index in [1.54, 1.807) is 24.5 Å². The predicted molar refractivity (Wildman–Crippen MR) is 61.3 cm³/mol. The molecule has 0 aliphatic heterocycles. The Morgan fingerprint density at radius 1 is 1.29 bits per heavy atom. The third kappa shape index (κ3) is 3.22. The van der Waals surface area contributed by atoms with E-state index < -0.39 is 0 Å². The van der Waals surface area contributed by atoms with E-state index in [9.17, 15) is 4.39 Å². The van der Waals surface area contributed by atoms with Crippen LogP contribution in [0.15, 0.2) is 36.7 Å². The molecule has 2 rings (SSSR count). The fourth-order valence-corrected chi connectivity index (χ4v) is 1.33. The first kappa shape index (κ1) is 11.5. The summed E-state index contributed by atoms with van der Waals surface area (Å²) >= 11 is 0. The zero-order chi connectivity index (χ0) is 12.1. The van der Waals surface area contributed by atoms with E-state index in [0.29, 0.717) is 12.3 Å². The second kappa shape index (κ2) is 5.36. The van der Waals surface area contributed by atoms with E-state index in [4.69, 9.17) is 4.74 Å². The topological polar surface area (TPSA) is 47.0 Å². The van der Waals surface area contributed by atoms with Crippen LogP contribution in [0.1, 0.15) is 5.56 Å². The average Bonchev–Trinajstić information content (AvgIpc) is 2.32. The van der Waals surface area contributed by atoms with Gasteiger partial charge in [-0.3, -0.25) is 0 Å². The van der Waals surface area contributed by atoms with E-state index in [1.807, 2.05) is 7.05 Å². The second-order valence-electron chi connectivity index (χ2n) is 3.46. The van der Waals surface area contributed by atoms with Gasteiger partial charge in [-0.15, -0.1) is 0 Å². The van der Waals surface area contributed by atoms with Gasteiger partial charge in [-0.2, -0.15) is 0 Å². The van der Waals surface area contributed by atoms with Crippen LogP contribution in [-0.4, -0.2) is 17.0 Å². The van der Waals surface area contributed by atoms with Crippen molar-refractivity contribution in [2.75, 3.05) is 7.05 Å². The van der Waals surface area contributed by atoms with Gasteiger partial charge in [0.15, 0.2) is 0 Å². The molecule has 2 aromatic rings. The molecule has 0 spiro atoms. The van der Waals surface area contributed by atoms with Crippen molar-refractivity contribution in [3.05, 3.63) is 48.0 Å². The summed E-state index contributed by atoms with van der Waals surface area (Å²) in [6.45, 7) is 0.695. The quantitative estimate of drug-likeness (QED) is 0.878. The monoisotopic (exact) mass is 233 g/mol. The first-order chi connectivity index (χ1) is 8.28. The summed E-state index contributed by atoms with van der Waals surface area (Å²) in [6, 6.07) is 6.05. The van der Waals surface area contributed by atoms with Gasteiger partial charge in [-0.05, 0) is 19.2 Å². The van der Waals surface area contributed by atoms with E-state index >= 15 is 0 Å². The second-order valence-corrected chi connectivity index (χ2v) is 3.46. The van der Waals surface area contributed by atoms with E-state index in [0.717, 1.165) is 5.56 Å². The lowest BCUT2D eigenvalue weighted by atomic mass is 10.3. The Labute approximate surface area is 98.5 Å². The lowest BCUT2D eigenvalue weighted by Crippen LogP contribution is -2.06. The maximum Gasteiger partial charge on any atom is 0.321 e. The molecule has 17 heavy (non-hydrogen) atoms. The third-order valence-corrected chi connectivity index (χ3v) is 2.07. The van der Waals surface area contributed by atoms with E-state index in [-0.39, 0.29) is 11.8 Å². The Balaban J connectivity index is 2.08. The van der Waals surface area contributed by atoms with E-state index in [2.05, 4.69) is 15.3 Å². The molecule has 0 atom stereocenters.